The highest BCUT2D eigenvalue weighted by atomic mass is 127. The third kappa shape index (κ3) is 2.59. The summed E-state index contributed by atoms with van der Waals surface area (Å²) in [5.41, 5.74) is 5.29. The maximum atomic E-state index is 10.2. The zero-order valence-corrected chi connectivity index (χ0v) is 19.7. The van der Waals surface area contributed by atoms with Crippen molar-refractivity contribution in [1.82, 2.24) is 0 Å². The predicted octanol–water partition coefficient (Wildman–Crippen LogP) is 6.22. The van der Waals surface area contributed by atoms with E-state index in [-0.39, 0.29) is 26.8 Å². The average molecular weight is 501 g/mol. The molecule has 2 saturated carbocycles. The van der Waals surface area contributed by atoms with Crippen LogP contribution < -0.4 is 4.90 Å². The van der Waals surface area contributed by atoms with Gasteiger partial charge in [-0.2, -0.15) is 0 Å². The molecule has 154 valence electrons. The largest absolute Gasteiger partial charge is 0.393 e. The van der Waals surface area contributed by atoms with Crippen LogP contribution in [0.5, 0.6) is 0 Å². The molecule has 6 atom stereocenters. The summed E-state index contributed by atoms with van der Waals surface area (Å²) >= 11 is 0.00275. The number of hydrogen-bond donors (Lipinski definition) is 1. The van der Waals surface area contributed by atoms with Crippen molar-refractivity contribution in [2.24, 2.45) is 28.6 Å². The number of nitrogens with zero attached hydrogens (tertiary/aromatic N) is 1. The summed E-state index contributed by atoms with van der Waals surface area (Å²) in [5, 5.41) is 10.2. The predicted molar refractivity (Wildman–Crippen MR) is 129 cm³/mol. The molecule has 0 amide bonds. The molecule has 0 radical (unpaired) electrons. The maximum Gasteiger partial charge on any atom is 0.0586 e. The maximum absolute atomic E-state index is 10.2. The molecule has 0 bridgehead atoms. The number of fused-ring (bicyclic) bond motifs is 6. The van der Waals surface area contributed by atoms with E-state index < -0.39 is 0 Å². The van der Waals surface area contributed by atoms with Crippen LogP contribution in [-0.4, -0.2) is 15.3 Å². The zero-order valence-electron chi connectivity index (χ0n) is 17.6. The van der Waals surface area contributed by atoms with Gasteiger partial charge in [0, 0.05) is 18.8 Å². The second-order valence-corrected chi connectivity index (χ2v) is 12.8. The van der Waals surface area contributed by atoms with Crippen LogP contribution in [-0.2, 0) is 0 Å². The molecule has 1 heterocycles. The van der Waals surface area contributed by atoms with E-state index in [9.17, 15) is 5.11 Å². The highest BCUT2D eigenvalue weighted by molar-refractivity contribution is 14.2. The lowest BCUT2D eigenvalue weighted by Gasteiger charge is -2.58. The van der Waals surface area contributed by atoms with Crippen LogP contribution >= 0.6 is 20.7 Å². The van der Waals surface area contributed by atoms with Crippen LogP contribution in [0.25, 0.3) is 0 Å². The Balaban J connectivity index is 1.32. The molecule has 0 saturated heterocycles. The van der Waals surface area contributed by atoms with Gasteiger partial charge in [-0.05, 0) is 80.2 Å². The summed E-state index contributed by atoms with van der Waals surface area (Å²) in [6.07, 6.45) is 13.3. The summed E-state index contributed by atoms with van der Waals surface area (Å²) in [5.74, 6) is 2.39. The number of rotatable bonds is 1. The first-order chi connectivity index (χ1) is 14.0. The lowest BCUT2D eigenvalue weighted by Crippen LogP contribution is -2.51. The Bertz CT molecular complexity index is 948. The van der Waals surface area contributed by atoms with Crippen molar-refractivity contribution in [1.29, 1.82) is 0 Å². The van der Waals surface area contributed by atoms with Crippen LogP contribution in [0.2, 0.25) is 0 Å². The first-order valence-corrected chi connectivity index (χ1v) is 13.8. The third-order valence-electron chi connectivity index (χ3n) is 9.25. The van der Waals surface area contributed by atoms with Gasteiger partial charge in [0.05, 0.1) is 11.8 Å². The van der Waals surface area contributed by atoms with Gasteiger partial charge >= 0.3 is 0 Å². The molecule has 1 N–H and O–H groups in total. The quantitative estimate of drug-likeness (QED) is 0.365. The SMILES string of the molecule is C[C@]12CC[C@H](O)CC1=CCC1C2CC[C@]2(C)C(N3C=Ic4ccccc43)=CCC12. The number of aliphatic hydroxyl groups excluding tert-OH is 1. The van der Waals surface area contributed by atoms with Crippen molar-refractivity contribution in [3.8, 4) is 0 Å². The van der Waals surface area contributed by atoms with Crippen molar-refractivity contribution >= 4 is 30.6 Å². The number of hydrogen-bond acceptors (Lipinski definition) is 2. The van der Waals surface area contributed by atoms with Gasteiger partial charge in [0.25, 0.3) is 0 Å². The van der Waals surface area contributed by atoms with E-state index in [0.717, 1.165) is 30.6 Å². The number of aliphatic hydroxyl groups is 1. The summed E-state index contributed by atoms with van der Waals surface area (Å²) in [6, 6.07) is 9.05. The van der Waals surface area contributed by atoms with Gasteiger partial charge < -0.3 is 10.0 Å². The first kappa shape index (κ1) is 18.8. The molecule has 4 aliphatic carbocycles. The van der Waals surface area contributed by atoms with Crippen LogP contribution in [0, 0.1) is 32.2 Å². The van der Waals surface area contributed by atoms with Gasteiger partial charge in [-0.3, -0.25) is 0 Å². The fraction of sp³-hybridized carbons (Fsp3) is 0.577. The van der Waals surface area contributed by atoms with E-state index in [0.29, 0.717) is 10.8 Å². The van der Waals surface area contributed by atoms with E-state index in [1.165, 1.54) is 37.8 Å². The smallest absolute Gasteiger partial charge is 0.0586 e. The molecule has 5 aliphatic rings. The fourth-order valence-corrected chi connectivity index (χ4v) is 9.99. The Morgan fingerprint density at radius 3 is 2.72 bits per heavy atom. The van der Waals surface area contributed by atoms with Crippen molar-refractivity contribution in [2.75, 3.05) is 4.90 Å². The number of allylic oxidation sites excluding steroid dienone is 3. The molecular weight excluding hydrogens is 469 g/mol. The van der Waals surface area contributed by atoms with Gasteiger partial charge in [-0.15, -0.1) is 0 Å². The lowest BCUT2D eigenvalue weighted by atomic mass is 9.47. The molecular formula is C26H32INO. The minimum atomic E-state index is -0.103. The van der Waals surface area contributed by atoms with Crippen LogP contribution in [0.1, 0.15) is 58.8 Å². The van der Waals surface area contributed by atoms with Gasteiger partial charge in [0.1, 0.15) is 0 Å². The van der Waals surface area contributed by atoms with Crippen molar-refractivity contribution in [2.45, 2.75) is 64.9 Å². The van der Waals surface area contributed by atoms with E-state index in [2.05, 4.69) is 59.3 Å². The van der Waals surface area contributed by atoms with E-state index >= 15 is 0 Å². The second kappa shape index (κ2) is 6.53. The highest BCUT2D eigenvalue weighted by Crippen LogP contribution is 2.65. The van der Waals surface area contributed by atoms with E-state index in [1.54, 1.807) is 14.8 Å². The zero-order chi connectivity index (χ0) is 19.8. The van der Waals surface area contributed by atoms with Gasteiger partial charge in [0.2, 0.25) is 0 Å². The van der Waals surface area contributed by atoms with Crippen LogP contribution in [0.15, 0.2) is 47.7 Å². The van der Waals surface area contributed by atoms with Crippen molar-refractivity contribution in [3.05, 3.63) is 51.3 Å². The first-order valence-electron chi connectivity index (χ1n) is 11.4. The summed E-state index contributed by atoms with van der Waals surface area (Å²) in [7, 11) is 0. The number of benzene rings is 1. The molecule has 2 fully saturated rings. The topological polar surface area (TPSA) is 23.5 Å². The molecule has 1 aromatic carbocycles. The standard InChI is InChI=1S/C26H32INO/c1-25-13-11-18(29)15-17(25)7-8-19-20-9-10-24(26(20,2)14-12-21(19)25)28-16-27-22-5-3-4-6-23(22)28/h3-7,10,16,18-21,29H,8-9,11-15H2,1-2H3/t18-,19?,20?,21?,25-,26-/m0/s1. The molecule has 29 heavy (non-hydrogen) atoms. The molecule has 0 spiro atoms. The van der Waals surface area contributed by atoms with Gasteiger partial charge in [-0.1, -0.05) is 64.4 Å². The van der Waals surface area contributed by atoms with E-state index in [4.69, 9.17) is 0 Å². The van der Waals surface area contributed by atoms with Gasteiger partial charge in [-0.25, -0.2) is 0 Å². The molecule has 1 aliphatic heterocycles. The molecule has 0 aromatic heterocycles. The molecule has 6 rings (SSSR count). The number of halogens is 1. The number of anilines is 1. The molecule has 1 aromatic rings. The summed E-state index contributed by atoms with van der Waals surface area (Å²) in [4.78, 5) is 2.59. The average Bonchev–Trinajstić information content (AvgIpc) is 3.29. The van der Waals surface area contributed by atoms with E-state index in [1.807, 2.05) is 0 Å². The van der Waals surface area contributed by atoms with Crippen LogP contribution in [0.4, 0.5) is 5.69 Å². The highest BCUT2D eigenvalue weighted by Gasteiger charge is 2.57. The van der Waals surface area contributed by atoms with Crippen LogP contribution in [0.3, 0.4) is 0 Å². The third-order valence-corrected chi connectivity index (χ3v) is 11.7. The molecule has 3 unspecified atom stereocenters. The van der Waals surface area contributed by atoms with Crippen molar-refractivity contribution in [3.63, 3.8) is 0 Å². The fourth-order valence-electron chi connectivity index (χ4n) is 7.64. The summed E-state index contributed by atoms with van der Waals surface area (Å²) < 4.78 is 4.10. The normalized spacial score (nSPS) is 42.8. The monoisotopic (exact) mass is 501 g/mol. The Kier molecular flexibility index (Phi) is 4.23. The number of para-hydroxylation sites is 1. The molecule has 3 heteroatoms. The van der Waals surface area contributed by atoms with Gasteiger partial charge in [0.15, 0.2) is 0 Å². The second-order valence-electron chi connectivity index (χ2n) is 10.5. The Morgan fingerprint density at radius 1 is 1.00 bits per heavy atom. The summed E-state index contributed by atoms with van der Waals surface area (Å²) in [6.45, 7) is 5.11. The molecule has 2 nitrogen and oxygen atoms in total. The minimum absolute atomic E-state index is 0.00275. The Labute approximate surface area is 184 Å². The Morgan fingerprint density at radius 2 is 1.83 bits per heavy atom. The van der Waals surface area contributed by atoms with Crippen molar-refractivity contribution < 1.29 is 5.11 Å². The lowest BCUT2D eigenvalue weighted by molar-refractivity contribution is -0.0295. The Hall–Kier alpha value is -0.940. The minimum Gasteiger partial charge on any atom is -0.393 e.